The minimum Gasteiger partial charge on any atom is -0.380 e. The minimum absolute atomic E-state index is 0.276. The smallest absolute Gasteiger partial charge is 0.242 e. The summed E-state index contributed by atoms with van der Waals surface area (Å²) in [5, 5.41) is 3.00. The molecule has 5 nitrogen and oxygen atoms in total. The fourth-order valence-corrected chi connectivity index (χ4v) is 5.19. The molecule has 0 fully saturated rings. The number of nitrogens with one attached hydrogen (secondary N) is 2. The maximum atomic E-state index is 12.2. The van der Waals surface area contributed by atoms with E-state index in [2.05, 4.69) is 39.8 Å². The van der Waals surface area contributed by atoms with Gasteiger partial charge in [0.25, 0.3) is 0 Å². The fourth-order valence-electron chi connectivity index (χ4n) is 1.49. The number of halogens is 1. The molecule has 0 atom stereocenters. The zero-order valence-electron chi connectivity index (χ0n) is 11.9. The summed E-state index contributed by atoms with van der Waals surface area (Å²) >= 11 is 4.72. The summed E-state index contributed by atoms with van der Waals surface area (Å²) in [4.78, 5) is 1.26. The lowest BCUT2D eigenvalue weighted by Gasteiger charge is -2.08. The van der Waals surface area contributed by atoms with Gasteiger partial charge in [-0.3, -0.25) is 0 Å². The molecular formula is C12H21BrN2O3S2. The molecule has 0 saturated heterocycles. The Hall–Kier alpha value is 0.01000. The highest BCUT2D eigenvalue weighted by Crippen LogP contribution is 2.31. The van der Waals surface area contributed by atoms with Crippen molar-refractivity contribution in [3.63, 3.8) is 0 Å². The molecule has 8 heteroatoms. The predicted octanol–water partition coefficient (Wildman–Crippen LogP) is 2.18. The van der Waals surface area contributed by atoms with Crippen LogP contribution in [0, 0.1) is 5.92 Å². The summed E-state index contributed by atoms with van der Waals surface area (Å²) < 4.78 is 32.8. The van der Waals surface area contributed by atoms with Crippen LogP contribution in [0.1, 0.15) is 18.7 Å². The van der Waals surface area contributed by atoms with E-state index < -0.39 is 10.0 Å². The SMILES string of the molecule is CNCc1cc(S(=O)(=O)NCCOCC(C)C)c(Br)s1. The van der Waals surface area contributed by atoms with Gasteiger partial charge in [-0.15, -0.1) is 11.3 Å². The van der Waals surface area contributed by atoms with E-state index in [0.717, 1.165) is 4.88 Å². The molecule has 2 N–H and O–H groups in total. The van der Waals surface area contributed by atoms with Crippen LogP contribution in [-0.4, -0.2) is 35.2 Å². The molecule has 116 valence electrons. The third-order valence-electron chi connectivity index (χ3n) is 2.34. The number of hydrogen-bond donors (Lipinski definition) is 2. The Morgan fingerprint density at radius 1 is 1.45 bits per heavy atom. The van der Waals surface area contributed by atoms with Crippen LogP contribution >= 0.6 is 27.3 Å². The molecule has 0 unspecified atom stereocenters. The van der Waals surface area contributed by atoms with E-state index in [1.54, 1.807) is 6.07 Å². The van der Waals surface area contributed by atoms with Crippen molar-refractivity contribution in [1.82, 2.24) is 10.0 Å². The minimum atomic E-state index is -3.48. The average molecular weight is 385 g/mol. The molecule has 0 amide bonds. The summed E-state index contributed by atoms with van der Waals surface area (Å²) in [7, 11) is -1.66. The molecule has 1 heterocycles. The molecule has 0 aliphatic carbocycles. The molecule has 0 spiro atoms. The van der Waals surface area contributed by atoms with Crippen molar-refractivity contribution in [2.75, 3.05) is 26.8 Å². The number of ether oxygens (including phenoxy) is 1. The van der Waals surface area contributed by atoms with Crippen molar-refractivity contribution in [2.24, 2.45) is 5.92 Å². The second-order valence-corrected chi connectivity index (χ2v) is 8.94. The van der Waals surface area contributed by atoms with Crippen molar-refractivity contribution in [3.8, 4) is 0 Å². The normalized spacial score (nSPS) is 12.2. The summed E-state index contributed by atoms with van der Waals surface area (Å²) in [5.74, 6) is 0.446. The molecule has 0 radical (unpaired) electrons. The van der Waals surface area contributed by atoms with Crippen LogP contribution in [0.5, 0.6) is 0 Å². The third kappa shape index (κ3) is 5.79. The average Bonchev–Trinajstić information content (AvgIpc) is 2.70. The maximum Gasteiger partial charge on any atom is 0.242 e. The summed E-state index contributed by atoms with van der Waals surface area (Å²) in [6.07, 6.45) is 0. The van der Waals surface area contributed by atoms with Gasteiger partial charge in [0.05, 0.1) is 10.4 Å². The van der Waals surface area contributed by atoms with Gasteiger partial charge in [0.1, 0.15) is 4.90 Å². The van der Waals surface area contributed by atoms with Crippen molar-refractivity contribution in [2.45, 2.75) is 25.3 Å². The van der Waals surface area contributed by atoms with Crippen LogP contribution in [0.4, 0.5) is 0 Å². The largest absolute Gasteiger partial charge is 0.380 e. The Morgan fingerprint density at radius 3 is 2.75 bits per heavy atom. The lowest BCUT2D eigenvalue weighted by Crippen LogP contribution is -2.27. The molecule has 0 aliphatic heterocycles. The molecule has 0 aromatic carbocycles. The first-order chi connectivity index (χ1) is 9.36. The standard InChI is InChI=1S/C12H21BrN2O3S2/c1-9(2)8-18-5-4-15-20(16,17)11-6-10(7-14-3)19-12(11)13/h6,9,14-15H,4-5,7-8H2,1-3H3. The molecule has 1 aromatic heterocycles. The van der Waals surface area contributed by atoms with Gasteiger partial charge in [-0.1, -0.05) is 13.8 Å². The van der Waals surface area contributed by atoms with Crippen molar-refractivity contribution < 1.29 is 13.2 Å². The van der Waals surface area contributed by atoms with Crippen LogP contribution in [0.2, 0.25) is 0 Å². The van der Waals surface area contributed by atoms with E-state index in [1.807, 2.05) is 7.05 Å². The number of rotatable bonds is 9. The molecule has 0 aliphatic rings. The Bertz CT molecular complexity index is 515. The first-order valence-corrected chi connectivity index (χ1v) is 9.46. The molecule has 20 heavy (non-hydrogen) atoms. The Morgan fingerprint density at radius 2 is 2.15 bits per heavy atom. The zero-order valence-corrected chi connectivity index (χ0v) is 15.1. The number of thiophene rings is 1. The van der Waals surface area contributed by atoms with Gasteiger partial charge >= 0.3 is 0 Å². The Labute approximate surface area is 133 Å². The monoisotopic (exact) mass is 384 g/mol. The van der Waals surface area contributed by atoms with Crippen molar-refractivity contribution >= 4 is 37.3 Å². The highest BCUT2D eigenvalue weighted by atomic mass is 79.9. The topological polar surface area (TPSA) is 67.4 Å². The summed E-state index contributed by atoms with van der Waals surface area (Å²) in [5.41, 5.74) is 0. The van der Waals surface area contributed by atoms with Gasteiger partial charge in [0.2, 0.25) is 10.0 Å². The first-order valence-electron chi connectivity index (χ1n) is 6.37. The predicted molar refractivity (Wildman–Crippen MR) is 85.6 cm³/mol. The van der Waals surface area contributed by atoms with Crippen LogP contribution in [0.15, 0.2) is 14.7 Å². The lowest BCUT2D eigenvalue weighted by molar-refractivity contribution is 0.114. The zero-order chi connectivity index (χ0) is 15.2. The van der Waals surface area contributed by atoms with Crippen LogP contribution in [-0.2, 0) is 21.3 Å². The van der Waals surface area contributed by atoms with E-state index >= 15 is 0 Å². The van der Waals surface area contributed by atoms with Crippen LogP contribution < -0.4 is 10.0 Å². The highest BCUT2D eigenvalue weighted by Gasteiger charge is 2.20. The van der Waals surface area contributed by atoms with Gasteiger partial charge < -0.3 is 10.1 Å². The number of hydrogen-bond acceptors (Lipinski definition) is 5. The van der Waals surface area contributed by atoms with E-state index in [4.69, 9.17) is 4.74 Å². The van der Waals surface area contributed by atoms with E-state index in [9.17, 15) is 8.42 Å². The quantitative estimate of drug-likeness (QED) is 0.640. The van der Waals surface area contributed by atoms with E-state index in [1.165, 1.54) is 11.3 Å². The molecule has 0 saturated carbocycles. The van der Waals surface area contributed by atoms with Crippen LogP contribution in [0.3, 0.4) is 0 Å². The Balaban J connectivity index is 2.55. The van der Waals surface area contributed by atoms with E-state index in [-0.39, 0.29) is 11.4 Å². The first kappa shape index (κ1) is 18.1. The van der Waals surface area contributed by atoms with Gasteiger partial charge in [-0.2, -0.15) is 0 Å². The summed E-state index contributed by atoms with van der Waals surface area (Å²) in [6, 6.07) is 1.68. The maximum absolute atomic E-state index is 12.2. The van der Waals surface area contributed by atoms with Gasteiger partial charge in [0.15, 0.2) is 0 Å². The fraction of sp³-hybridized carbons (Fsp3) is 0.667. The molecule has 1 aromatic rings. The second-order valence-electron chi connectivity index (χ2n) is 4.75. The third-order valence-corrected chi connectivity index (χ3v) is 6.05. The summed E-state index contributed by atoms with van der Waals surface area (Å²) in [6.45, 7) is 6.04. The number of sulfonamides is 1. The van der Waals surface area contributed by atoms with Gasteiger partial charge in [0, 0.05) is 24.6 Å². The van der Waals surface area contributed by atoms with E-state index in [0.29, 0.717) is 29.5 Å². The Kier molecular flexibility index (Phi) is 7.63. The molecular weight excluding hydrogens is 364 g/mol. The second kappa shape index (κ2) is 8.45. The molecule has 1 rings (SSSR count). The van der Waals surface area contributed by atoms with Crippen molar-refractivity contribution in [1.29, 1.82) is 0 Å². The van der Waals surface area contributed by atoms with Gasteiger partial charge in [-0.25, -0.2) is 13.1 Å². The highest BCUT2D eigenvalue weighted by molar-refractivity contribution is 9.11. The lowest BCUT2D eigenvalue weighted by atomic mass is 10.2. The van der Waals surface area contributed by atoms with Crippen LogP contribution in [0.25, 0.3) is 0 Å². The van der Waals surface area contributed by atoms with Gasteiger partial charge in [-0.05, 0) is 35.0 Å². The molecule has 0 bridgehead atoms. The van der Waals surface area contributed by atoms with Crippen molar-refractivity contribution in [3.05, 3.63) is 14.7 Å².